The van der Waals surface area contributed by atoms with Crippen LogP contribution >= 0.6 is 0 Å². The van der Waals surface area contributed by atoms with Gasteiger partial charge in [-0.2, -0.15) is 4.31 Å². The molecule has 0 aromatic heterocycles. The number of rotatable bonds is 6. The van der Waals surface area contributed by atoms with E-state index in [-0.39, 0.29) is 18.1 Å². The number of sulfonamides is 1. The van der Waals surface area contributed by atoms with Crippen molar-refractivity contribution in [3.8, 4) is 0 Å². The van der Waals surface area contributed by atoms with Crippen molar-refractivity contribution in [2.75, 3.05) is 12.8 Å². The smallest absolute Gasteiger partial charge is 0.305 e. The summed E-state index contributed by atoms with van der Waals surface area (Å²) in [5.74, 6) is -0.432. The van der Waals surface area contributed by atoms with Crippen molar-refractivity contribution in [1.82, 2.24) is 4.31 Å². The van der Waals surface area contributed by atoms with Gasteiger partial charge in [0.05, 0.1) is 12.2 Å². The Morgan fingerprint density at radius 3 is 2.32 bits per heavy atom. The highest BCUT2D eigenvalue weighted by atomic mass is 32.2. The number of hydrogen-bond acceptors (Lipinski definition) is 3. The SMILES string of the molecule is CN(C1(CC(=O)O)CCCCC1)S(=O)(=O)CC1CC1. The third kappa shape index (κ3) is 3.48. The van der Waals surface area contributed by atoms with Crippen LogP contribution < -0.4 is 0 Å². The molecule has 2 aliphatic carbocycles. The van der Waals surface area contributed by atoms with Gasteiger partial charge in [-0.15, -0.1) is 0 Å². The first-order chi connectivity index (χ1) is 8.86. The molecule has 0 aromatic rings. The second kappa shape index (κ2) is 5.40. The minimum Gasteiger partial charge on any atom is -0.481 e. The van der Waals surface area contributed by atoms with E-state index in [2.05, 4.69) is 0 Å². The quantitative estimate of drug-likeness (QED) is 0.809. The summed E-state index contributed by atoms with van der Waals surface area (Å²) < 4.78 is 26.2. The highest BCUT2D eigenvalue weighted by molar-refractivity contribution is 7.89. The summed E-state index contributed by atoms with van der Waals surface area (Å²) in [5, 5.41) is 9.12. The lowest BCUT2D eigenvalue weighted by atomic mass is 9.79. The van der Waals surface area contributed by atoms with Crippen LogP contribution in [0.15, 0.2) is 0 Å². The average Bonchev–Trinajstić information content (AvgIpc) is 3.11. The van der Waals surface area contributed by atoms with Crippen LogP contribution in [0, 0.1) is 5.92 Å². The second-order valence-electron chi connectivity index (χ2n) is 6.04. The Hall–Kier alpha value is -0.620. The molecule has 2 fully saturated rings. The standard InChI is InChI=1S/C13H23NO4S/c1-14(19(17,18)10-11-5-6-11)13(9-12(15)16)7-3-2-4-8-13/h11H,2-10H2,1H3,(H,15,16). The molecule has 0 spiro atoms. The van der Waals surface area contributed by atoms with Crippen molar-refractivity contribution in [2.24, 2.45) is 5.92 Å². The van der Waals surface area contributed by atoms with E-state index in [1.807, 2.05) is 0 Å². The molecule has 0 unspecified atom stereocenters. The highest BCUT2D eigenvalue weighted by Gasteiger charge is 2.44. The number of aliphatic carboxylic acids is 1. The van der Waals surface area contributed by atoms with Crippen LogP contribution in [0.2, 0.25) is 0 Å². The van der Waals surface area contributed by atoms with E-state index in [4.69, 9.17) is 5.11 Å². The number of carboxylic acids is 1. The molecule has 0 radical (unpaired) electrons. The van der Waals surface area contributed by atoms with Crippen LogP contribution in [0.4, 0.5) is 0 Å². The van der Waals surface area contributed by atoms with E-state index in [0.717, 1.165) is 32.1 Å². The van der Waals surface area contributed by atoms with E-state index >= 15 is 0 Å². The zero-order valence-electron chi connectivity index (χ0n) is 11.5. The molecule has 19 heavy (non-hydrogen) atoms. The molecule has 0 aliphatic heterocycles. The average molecular weight is 289 g/mol. The van der Waals surface area contributed by atoms with E-state index in [1.165, 1.54) is 4.31 Å². The Kier molecular flexibility index (Phi) is 4.20. The summed E-state index contributed by atoms with van der Waals surface area (Å²) in [7, 11) is -1.76. The lowest BCUT2D eigenvalue weighted by Gasteiger charge is -2.42. The minimum atomic E-state index is -3.33. The van der Waals surface area contributed by atoms with Crippen molar-refractivity contribution in [3.63, 3.8) is 0 Å². The predicted molar refractivity (Wildman–Crippen MR) is 72.3 cm³/mol. The first-order valence-corrected chi connectivity index (χ1v) is 8.65. The third-order valence-electron chi connectivity index (χ3n) is 4.49. The molecule has 0 atom stereocenters. The Morgan fingerprint density at radius 2 is 1.84 bits per heavy atom. The van der Waals surface area contributed by atoms with E-state index in [9.17, 15) is 13.2 Å². The Bertz CT molecular complexity index is 436. The molecule has 0 saturated heterocycles. The van der Waals surface area contributed by atoms with Gasteiger partial charge in [0.25, 0.3) is 0 Å². The van der Waals surface area contributed by atoms with Gasteiger partial charge < -0.3 is 5.11 Å². The fourth-order valence-corrected chi connectivity index (χ4v) is 5.07. The number of hydrogen-bond donors (Lipinski definition) is 1. The molecule has 2 rings (SSSR count). The molecule has 1 N–H and O–H groups in total. The molecule has 6 heteroatoms. The van der Waals surface area contributed by atoms with Crippen LogP contribution in [0.5, 0.6) is 0 Å². The van der Waals surface area contributed by atoms with Crippen molar-refractivity contribution in [1.29, 1.82) is 0 Å². The normalized spacial score (nSPS) is 23.5. The molecule has 5 nitrogen and oxygen atoms in total. The van der Waals surface area contributed by atoms with Gasteiger partial charge in [0.1, 0.15) is 0 Å². The maximum absolute atomic E-state index is 12.4. The molecular weight excluding hydrogens is 266 g/mol. The first kappa shape index (κ1) is 14.8. The molecule has 0 aromatic carbocycles. The summed E-state index contributed by atoms with van der Waals surface area (Å²) in [6.45, 7) is 0. The number of carbonyl (C=O) groups is 1. The van der Waals surface area contributed by atoms with Crippen LogP contribution in [0.25, 0.3) is 0 Å². The molecule has 2 aliphatic rings. The van der Waals surface area contributed by atoms with Gasteiger partial charge in [-0.3, -0.25) is 4.79 Å². The van der Waals surface area contributed by atoms with Gasteiger partial charge in [-0.25, -0.2) is 8.42 Å². The highest BCUT2D eigenvalue weighted by Crippen LogP contribution is 2.39. The second-order valence-corrected chi connectivity index (χ2v) is 8.09. The number of nitrogens with zero attached hydrogens (tertiary/aromatic N) is 1. The lowest BCUT2D eigenvalue weighted by molar-refractivity contribution is -0.140. The molecule has 0 heterocycles. The summed E-state index contributed by atoms with van der Waals surface area (Å²) in [6.07, 6.45) is 6.12. The molecule has 2 saturated carbocycles. The van der Waals surface area contributed by atoms with Gasteiger partial charge in [0, 0.05) is 12.6 Å². The Morgan fingerprint density at radius 1 is 1.26 bits per heavy atom. The van der Waals surface area contributed by atoms with E-state index in [1.54, 1.807) is 7.05 Å². The maximum Gasteiger partial charge on any atom is 0.305 e. The van der Waals surface area contributed by atoms with E-state index < -0.39 is 21.5 Å². The number of carboxylic acid groups (broad SMARTS) is 1. The zero-order valence-corrected chi connectivity index (χ0v) is 12.3. The monoisotopic (exact) mass is 289 g/mol. The molecular formula is C13H23NO4S. The van der Waals surface area contributed by atoms with Crippen LogP contribution in [0.1, 0.15) is 51.4 Å². The fourth-order valence-electron chi connectivity index (χ4n) is 3.08. The van der Waals surface area contributed by atoms with Crippen molar-refractivity contribution >= 4 is 16.0 Å². The summed E-state index contributed by atoms with van der Waals surface area (Å²) in [6, 6.07) is 0. The molecule has 0 bridgehead atoms. The lowest BCUT2D eigenvalue weighted by Crippen LogP contribution is -2.52. The van der Waals surface area contributed by atoms with E-state index in [0.29, 0.717) is 12.8 Å². The largest absolute Gasteiger partial charge is 0.481 e. The third-order valence-corrected chi connectivity index (χ3v) is 6.61. The van der Waals surface area contributed by atoms with Gasteiger partial charge in [0.2, 0.25) is 10.0 Å². The maximum atomic E-state index is 12.4. The zero-order chi connectivity index (χ0) is 14.1. The summed E-state index contributed by atoms with van der Waals surface area (Å²) in [5.41, 5.74) is -0.697. The van der Waals surface area contributed by atoms with Gasteiger partial charge in [-0.1, -0.05) is 19.3 Å². The van der Waals surface area contributed by atoms with Gasteiger partial charge >= 0.3 is 5.97 Å². The fraction of sp³-hybridized carbons (Fsp3) is 0.923. The Balaban J connectivity index is 2.18. The first-order valence-electron chi connectivity index (χ1n) is 7.04. The van der Waals surface area contributed by atoms with Crippen LogP contribution in [-0.2, 0) is 14.8 Å². The predicted octanol–water partition coefficient (Wildman–Crippen LogP) is 1.84. The minimum absolute atomic E-state index is 0.0760. The van der Waals surface area contributed by atoms with Crippen molar-refractivity contribution < 1.29 is 18.3 Å². The Labute approximate surface area is 115 Å². The van der Waals surface area contributed by atoms with Crippen LogP contribution in [-0.4, -0.2) is 42.1 Å². The van der Waals surface area contributed by atoms with Crippen molar-refractivity contribution in [3.05, 3.63) is 0 Å². The van der Waals surface area contributed by atoms with Crippen LogP contribution in [0.3, 0.4) is 0 Å². The summed E-state index contributed by atoms with van der Waals surface area (Å²) in [4.78, 5) is 11.1. The van der Waals surface area contributed by atoms with Gasteiger partial charge in [0.15, 0.2) is 0 Å². The molecule has 110 valence electrons. The molecule has 0 amide bonds. The summed E-state index contributed by atoms with van der Waals surface area (Å²) >= 11 is 0. The topological polar surface area (TPSA) is 74.7 Å². The van der Waals surface area contributed by atoms with Crippen molar-refractivity contribution in [2.45, 2.75) is 56.9 Å². The van der Waals surface area contributed by atoms with Gasteiger partial charge in [-0.05, 0) is 31.6 Å².